The van der Waals surface area contributed by atoms with Gasteiger partial charge in [0.1, 0.15) is 5.52 Å². The lowest BCUT2D eigenvalue weighted by Crippen LogP contribution is -2.38. The fourth-order valence-corrected chi connectivity index (χ4v) is 2.19. The summed E-state index contributed by atoms with van der Waals surface area (Å²) >= 11 is 0. The lowest BCUT2D eigenvalue weighted by atomic mass is 10.1. The molecule has 1 atom stereocenters. The van der Waals surface area contributed by atoms with Crippen molar-refractivity contribution >= 4 is 16.9 Å². The van der Waals surface area contributed by atoms with Gasteiger partial charge in [0.25, 0.3) is 5.91 Å². The summed E-state index contributed by atoms with van der Waals surface area (Å²) in [6.07, 6.45) is 2.37. The number of benzene rings is 1. The molecule has 0 bridgehead atoms. The van der Waals surface area contributed by atoms with E-state index >= 15 is 0 Å². The van der Waals surface area contributed by atoms with E-state index in [0.29, 0.717) is 18.0 Å². The summed E-state index contributed by atoms with van der Waals surface area (Å²) in [5.74, 6) is 0.478. The first-order valence-electron chi connectivity index (χ1n) is 6.48. The van der Waals surface area contributed by atoms with E-state index in [-0.39, 0.29) is 11.9 Å². The number of nitrogens with two attached hydrogens (primary N) is 1. The van der Waals surface area contributed by atoms with E-state index in [1.807, 2.05) is 13.1 Å². The van der Waals surface area contributed by atoms with Crippen LogP contribution in [0.4, 0.5) is 0 Å². The van der Waals surface area contributed by atoms with Gasteiger partial charge in [0.2, 0.25) is 0 Å². The van der Waals surface area contributed by atoms with E-state index in [9.17, 15) is 4.79 Å². The van der Waals surface area contributed by atoms with E-state index in [4.69, 9.17) is 5.73 Å². The Bertz CT molecular complexity index is 617. The third-order valence-electron chi connectivity index (χ3n) is 3.60. The number of carbonyl (C=O) groups excluding carboxylic acids is 1. The topological polar surface area (TPSA) is 85.8 Å². The number of rotatable bonds is 4. The van der Waals surface area contributed by atoms with Crippen molar-refractivity contribution in [3.63, 3.8) is 0 Å². The summed E-state index contributed by atoms with van der Waals surface area (Å²) < 4.78 is 1.68. The van der Waals surface area contributed by atoms with Gasteiger partial charge in [-0.2, -0.15) is 0 Å². The minimum atomic E-state index is -0.108. The molecular formula is C13H17N5O. The lowest BCUT2D eigenvalue weighted by molar-refractivity contribution is 0.0950. The largest absolute Gasteiger partial charge is 0.350 e. The number of fused-ring (bicyclic) bond motifs is 1. The zero-order chi connectivity index (χ0) is 13.4. The van der Waals surface area contributed by atoms with Gasteiger partial charge in [-0.05, 0) is 37.0 Å². The molecule has 0 aliphatic heterocycles. The minimum Gasteiger partial charge on any atom is -0.350 e. The molecule has 2 aromatic rings. The highest BCUT2D eigenvalue weighted by molar-refractivity contribution is 5.97. The average molecular weight is 259 g/mol. The normalized spacial score (nSPS) is 16.5. The van der Waals surface area contributed by atoms with Gasteiger partial charge in [-0.15, -0.1) is 5.10 Å². The first kappa shape index (κ1) is 12.1. The van der Waals surface area contributed by atoms with Crippen molar-refractivity contribution in [1.29, 1.82) is 0 Å². The molecule has 1 amide bonds. The van der Waals surface area contributed by atoms with Crippen molar-refractivity contribution in [3.05, 3.63) is 23.8 Å². The minimum absolute atomic E-state index is 0.0733. The van der Waals surface area contributed by atoms with Crippen LogP contribution in [0.1, 0.15) is 23.2 Å². The maximum absolute atomic E-state index is 12.0. The van der Waals surface area contributed by atoms with Crippen LogP contribution < -0.4 is 11.1 Å². The van der Waals surface area contributed by atoms with E-state index < -0.39 is 0 Å². The molecule has 100 valence electrons. The number of aryl methyl sites for hydroxylation is 1. The summed E-state index contributed by atoms with van der Waals surface area (Å²) in [6.45, 7) is 0.530. The Labute approximate surface area is 111 Å². The number of hydrogen-bond acceptors (Lipinski definition) is 4. The SMILES string of the molecule is Cn1nnc2cc(C(=O)NCC(N)C3CC3)ccc21. The quantitative estimate of drug-likeness (QED) is 0.834. The summed E-state index contributed by atoms with van der Waals surface area (Å²) in [5, 5.41) is 10.8. The molecule has 0 spiro atoms. The zero-order valence-electron chi connectivity index (χ0n) is 10.8. The Hall–Kier alpha value is -1.95. The van der Waals surface area contributed by atoms with Crippen molar-refractivity contribution in [3.8, 4) is 0 Å². The van der Waals surface area contributed by atoms with Crippen molar-refractivity contribution in [2.24, 2.45) is 18.7 Å². The molecular weight excluding hydrogens is 242 g/mol. The molecule has 3 N–H and O–H groups in total. The average Bonchev–Trinajstić information content (AvgIpc) is 3.21. The van der Waals surface area contributed by atoms with Crippen LogP contribution in [0.2, 0.25) is 0 Å². The summed E-state index contributed by atoms with van der Waals surface area (Å²) in [5.41, 5.74) is 8.18. The molecule has 1 aliphatic rings. The highest BCUT2D eigenvalue weighted by Crippen LogP contribution is 2.31. The predicted octanol–water partition coefficient (Wildman–Crippen LogP) is 0.435. The molecule has 1 fully saturated rings. The van der Waals surface area contributed by atoms with Crippen LogP contribution in [-0.2, 0) is 7.05 Å². The van der Waals surface area contributed by atoms with Crippen LogP contribution in [-0.4, -0.2) is 33.5 Å². The zero-order valence-corrected chi connectivity index (χ0v) is 10.8. The standard InChI is InChI=1S/C13H17N5O/c1-18-12-5-4-9(6-11(12)16-17-18)13(19)15-7-10(14)8-2-3-8/h4-6,8,10H,2-3,7,14H2,1H3,(H,15,19). The summed E-state index contributed by atoms with van der Waals surface area (Å²) in [6, 6.07) is 5.46. The maximum Gasteiger partial charge on any atom is 0.251 e. The van der Waals surface area contributed by atoms with Gasteiger partial charge in [-0.1, -0.05) is 5.21 Å². The van der Waals surface area contributed by atoms with Gasteiger partial charge < -0.3 is 11.1 Å². The van der Waals surface area contributed by atoms with Gasteiger partial charge in [-0.25, -0.2) is 4.68 Å². The van der Waals surface area contributed by atoms with Crippen LogP contribution in [0, 0.1) is 5.92 Å². The molecule has 1 unspecified atom stereocenters. The van der Waals surface area contributed by atoms with E-state index in [2.05, 4.69) is 15.6 Å². The first-order valence-corrected chi connectivity index (χ1v) is 6.48. The van der Waals surface area contributed by atoms with Gasteiger partial charge in [0.05, 0.1) is 5.52 Å². The highest BCUT2D eigenvalue weighted by Gasteiger charge is 2.28. The Morgan fingerprint density at radius 3 is 3.11 bits per heavy atom. The Kier molecular flexibility index (Phi) is 2.94. The Morgan fingerprint density at radius 1 is 1.58 bits per heavy atom. The molecule has 6 heteroatoms. The Balaban J connectivity index is 1.70. The Morgan fingerprint density at radius 2 is 2.37 bits per heavy atom. The number of amides is 1. The molecule has 1 aromatic heterocycles. The number of aromatic nitrogens is 3. The molecule has 19 heavy (non-hydrogen) atoms. The number of nitrogens with zero attached hydrogens (tertiary/aromatic N) is 3. The second-order valence-corrected chi connectivity index (χ2v) is 5.13. The lowest BCUT2D eigenvalue weighted by Gasteiger charge is -2.11. The highest BCUT2D eigenvalue weighted by atomic mass is 16.1. The second kappa shape index (κ2) is 4.62. The molecule has 6 nitrogen and oxygen atoms in total. The molecule has 1 aliphatic carbocycles. The predicted molar refractivity (Wildman–Crippen MR) is 71.5 cm³/mol. The summed E-state index contributed by atoms with van der Waals surface area (Å²) in [7, 11) is 1.82. The molecule has 1 saturated carbocycles. The van der Waals surface area contributed by atoms with Crippen LogP contribution in [0.25, 0.3) is 11.0 Å². The van der Waals surface area contributed by atoms with Crippen molar-refractivity contribution < 1.29 is 4.79 Å². The van der Waals surface area contributed by atoms with Crippen LogP contribution in [0.5, 0.6) is 0 Å². The van der Waals surface area contributed by atoms with Gasteiger partial charge in [0.15, 0.2) is 0 Å². The smallest absolute Gasteiger partial charge is 0.251 e. The molecule has 1 heterocycles. The van der Waals surface area contributed by atoms with E-state index in [0.717, 1.165) is 11.0 Å². The number of nitrogens with one attached hydrogen (secondary N) is 1. The first-order chi connectivity index (χ1) is 9.15. The monoisotopic (exact) mass is 259 g/mol. The molecule has 0 saturated heterocycles. The van der Waals surface area contributed by atoms with Crippen LogP contribution in [0.3, 0.4) is 0 Å². The fraction of sp³-hybridized carbons (Fsp3) is 0.462. The van der Waals surface area contributed by atoms with Crippen LogP contribution in [0.15, 0.2) is 18.2 Å². The summed E-state index contributed by atoms with van der Waals surface area (Å²) in [4.78, 5) is 12.0. The van der Waals surface area contributed by atoms with E-state index in [1.54, 1.807) is 16.8 Å². The van der Waals surface area contributed by atoms with Crippen LogP contribution >= 0.6 is 0 Å². The van der Waals surface area contributed by atoms with Crippen molar-refractivity contribution in [2.45, 2.75) is 18.9 Å². The number of hydrogen-bond donors (Lipinski definition) is 2. The number of carbonyl (C=O) groups is 1. The van der Waals surface area contributed by atoms with Gasteiger partial charge >= 0.3 is 0 Å². The van der Waals surface area contributed by atoms with Crippen molar-refractivity contribution in [2.75, 3.05) is 6.54 Å². The third-order valence-corrected chi connectivity index (χ3v) is 3.60. The molecule has 3 rings (SSSR count). The molecule has 0 radical (unpaired) electrons. The van der Waals surface area contributed by atoms with Gasteiger partial charge in [-0.3, -0.25) is 4.79 Å². The van der Waals surface area contributed by atoms with Gasteiger partial charge in [0, 0.05) is 25.2 Å². The fourth-order valence-electron chi connectivity index (χ4n) is 2.19. The maximum atomic E-state index is 12.0. The third kappa shape index (κ3) is 2.44. The van der Waals surface area contributed by atoms with Crippen molar-refractivity contribution in [1.82, 2.24) is 20.3 Å². The second-order valence-electron chi connectivity index (χ2n) is 5.13. The van der Waals surface area contributed by atoms with E-state index in [1.165, 1.54) is 12.8 Å². The molecule has 1 aromatic carbocycles.